The van der Waals surface area contributed by atoms with Gasteiger partial charge in [0.15, 0.2) is 0 Å². The fourth-order valence-electron chi connectivity index (χ4n) is 2.50. The number of nitrogens with two attached hydrogens (primary N) is 1. The van der Waals surface area contributed by atoms with Gasteiger partial charge in [-0.2, -0.15) is 0 Å². The van der Waals surface area contributed by atoms with E-state index in [1.54, 1.807) is 0 Å². The molecule has 2 atom stereocenters. The van der Waals surface area contributed by atoms with Crippen LogP contribution in [0.1, 0.15) is 36.9 Å². The van der Waals surface area contributed by atoms with Crippen LogP contribution in [0.15, 0.2) is 59.5 Å². The summed E-state index contributed by atoms with van der Waals surface area (Å²) in [6.07, 6.45) is 0. The first-order chi connectivity index (χ1) is 11.2. The summed E-state index contributed by atoms with van der Waals surface area (Å²) in [5, 5.41) is 3.07. The van der Waals surface area contributed by atoms with Crippen molar-refractivity contribution in [3.8, 4) is 0 Å². The van der Waals surface area contributed by atoms with Gasteiger partial charge < -0.3 is 11.1 Å². The number of thioether (sulfide) groups is 1. The summed E-state index contributed by atoms with van der Waals surface area (Å²) in [6, 6.07) is 18.0. The van der Waals surface area contributed by atoms with Crippen LogP contribution < -0.4 is 11.1 Å². The molecule has 0 fully saturated rings. The molecule has 0 saturated heterocycles. The van der Waals surface area contributed by atoms with Crippen LogP contribution in [0.25, 0.3) is 0 Å². The zero-order valence-corrected chi connectivity index (χ0v) is 14.5. The standard InChI is InChI=1S/C19H24N2OS/c1-3-23-17-11-9-15(10-12-17)14(2)21-19(22)18(13-20)16-7-5-4-6-8-16/h4-12,14,18H,3,13,20H2,1-2H3,(H,21,22)/t14-,18-/m1/s1. The molecule has 0 aliphatic heterocycles. The number of hydrogen-bond acceptors (Lipinski definition) is 3. The number of carbonyl (C=O) groups is 1. The van der Waals surface area contributed by atoms with Gasteiger partial charge in [-0.1, -0.05) is 49.4 Å². The minimum absolute atomic E-state index is 0.0294. The second-order valence-corrected chi connectivity index (χ2v) is 6.77. The minimum atomic E-state index is -0.312. The van der Waals surface area contributed by atoms with Gasteiger partial charge in [0.2, 0.25) is 5.91 Å². The van der Waals surface area contributed by atoms with Gasteiger partial charge >= 0.3 is 0 Å². The molecule has 4 heteroatoms. The Hall–Kier alpha value is -1.78. The molecule has 0 aromatic heterocycles. The molecule has 2 rings (SSSR count). The number of amides is 1. The van der Waals surface area contributed by atoms with Crippen LogP contribution in [0.5, 0.6) is 0 Å². The third kappa shape index (κ3) is 4.85. The second kappa shape index (κ2) is 8.75. The van der Waals surface area contributed by atoms with Gasteiger partial charge in [-0.3, -0.25) is 4.79 Å². The van der Waals surface area contributed by atoms with Gasteiger partial charge in [-0.05, 0) is 35.9 Å². The molecule has 0 spiro atoms. The smallest absolute Gasteiger partial charge is 0.229 e. The third-order valence-corrected chi connectivity index (χ3v) is 4.70. The lowest BCUT2D eigenvalue weighted by molar-refractivity contribution is -0.123. The monoisotopic (exact) mass is 328 g/mol. The van der Waals surface area contributed by atoms with Crippen LogP contribution in [0.4, 0.5) is 0 Å². The quantitative estimate of drug-likeness (QED) is 0.762. The van der Waals surface area contributed by atoms with E-state index in [4.69, 9.17) is 5.73 Å². The molecular weight excluding hydrogens is 304 g/mol. The van der Waals surface area contributed by atoms with E-state index in [9.17, 15) is 4.79 Å². The van der Waals surface area contributed by atoms with Crippen molar-refractivity contribution in [3.05, 3.63) is 65.7 Å². The largest absolute Gasteiger partial charge is 0.349 e. The van der Waals surface area contributed by atoms with Gasteiger partial charge in [0.1, 0.15) is 0 Å². The maximum absolute atomic E-state index is 12.5. The highest BCUT2D eigenvalue weighted by Gasteiger charge is 2.20. The Morgan fingerprint density at radius 2 is 1.74 bits per heavy atom. The molecule has 1 amide bonds. The van der Waals surface area contributed by atoms with Crippen LogP contribution in [-0.2, 0) is 4.79 Å². The maximum atomic E-state index is 12.5. The molecule has 122 valence electrons. The Bertz CT molecular complexity index is 613. The lowest BCUT2D eigenvalue weighted by atomic mass is 9.97. The predicted octanol–water partition coefficient (Wildman–Crippen LogP) is 3.72. The summed E-state index contributed by atoms with van der Waals surface area (Å²) in [4.78, 5) is 13.8. The Kier molecular flexibility index (Phi) is 6.68. The summed E-state index contributed by atoms with van der Waals surface area (Å²) in [6.45, 7) is 4.44. The van der Waals surface area contributed by atoms with E-state index in [0.29, 0.717) is 6.54 Å². The number of benzene rings is 2. The van der Waals surface area contributed by atoms with E-state index in [1.807, 2.05) is 49.0 Å². The first-order valence-electron chi connectivity index (χ1n) is 7.93. The zero-order chi connectivity index (χ0) is 16.7. The lowest BCUT2D eigenvalue weighted by Gasteiger charge is -2.20. The van der Waals surface area contributed by atoms with Crippen molar-refractivity contribution in [1.29, 1.82) is 0 Å². The second-order valence-electron chi connectivity index (χ2n) is 5.43. The van der Waals surface area contributed by atoms with Gasteiger partial charge in [-0.15, -0.1) is 11.8 Å². The molecule has 23 heavy (non-hydrogen) atoms. The van der Waals surface area contributed by atoms with Crippen LogP contribution in [0, 0.1) is 0 Å². The topological polar surface area (TPSA) is 55.1 Å². The zero-order valence-electron chi connectivity index (χ0n) is 13.7. The van der Waals surface area contributed by atoms with E-state index >= 15 is 0 Å². The number of rotatable bonds is 7. The molecule has 2 aromatic carbocycles. The van der Waals surface area contributed by atoms with Crippen molar-refractivity contribution in [2.45, 2.75) is 30.7 Å². The normalized spacial score (nSPS) is 13.3. The highest BCUT2D eigenvalue weighted by atomic mass is 32.2. The van der Waals surface area contributed by atoms with Crippen molar-refractivity contribution < 1.29 is 4.79 Å². The highest BCUT2D eigenvalue weighted by Crippen LogP contribution is 2.22. The van der Waals surface area contributed by atoms with Gasteiger partial charge in [0.05, 0.1) is 12.0 Å². The van der Waals surface area contributed by atoms with Crippen molar-refractivity contribution in [1.82, 2.24) is 5.32 Å². The average molecular weight is 328 g/mol. The van der Waals surface area contributed by atoms with Gasteiger partial charge in [0.25, 0.3) is 0 Å². The highest BCUT2D eigenvalue weighted by molar-refractivity contribution is 7.99. The first-order valence-corrected chi connectivity index (χ1v) is 8.92. The lowest BCUT2D eigenvalue weighted by Crippen LogP contribution is -2.35. The van der Waals surface area contributed by atoms with Crippen LogP contribution in [0.3, 0.4) is 0 Å². The van der Waals surface area contributed by atoms with Gasteiger partial charge in [0, 0.05) is 11.4 Å². The van der Waals surface area contributed by atoms with E-state index in [-0.39, 0.29) is 17.9 Å². The Labute approximate surface area is 142 Å². The van der Waals surface area contributed by atoms with Crippen molar-refractivity contribution in [2.75, 3.05) is 12.3 Å². The van der Waals surface area contributed by atoms with Crippen LogP contribution >= 0.6 is 11.8 Å². The minimum Gasteiger partial charge on any atom is -0.349 e. The SMILES string of the molecule is CCSc1ccc([C@@H](C)NC(=O)[C@H](CN)c2ccccc2)cc1. The van der Waals surface area contributed by atoms with E-state index in [2.05, 4.69) is 36.5 Å². The van der Waals surface area contributed by atoms with Crippen molar-refractivity contribution >= 4 is 17.7 Å². The fraction of sp³-hybridized carbons (Fsp3) is 0.316. The number of nitrogens with one attached hydrogen (secondary N) is 1. The molecule has 3 nitrogen and oxygen atoms in total. The molecule has 0 aliphatic rings. The third-order valence-electron chi connectivity index (χ3n) is 3.80. The molecule has 0 bridgehead atoms. The Morgan fingerprint density at radius 1 is 1.09 bits per heavy atom. The Morgan fingerprint density at radius 3 is 2.30 bits per heavy atom. The molecule has 0 radical (unpaired) electrons. The Balaban J connectivity index is 2.03. The van der Waals surface area contributed by atoms with Crippen molar-refractivity contribution in [2.24, 2.45) is 5.73 Å². The first kappa shape index (κ1) is 17.6. The van der Waals surface area contributed by atoms with Crippen LogP contribution in [-0.4, -0.2) is 18.2 Å². The van der Waals surface area contributed by atoms with Gasteiger partial charge in [-0.25, -0.2) is 0 Å². The van der Waals surface area contributed by atoms with E-state index in [0.717, 1.165) is 16.9 Å². The van der Waals surface area contributed by atoms with E-state index in [1.165, 1.54) is 4.90 Å². The summed E-state index contributed by atoms with van der Waals surface area (Å²) in [5.41, 5.74) is 7.86. The van der Waals surface area contributed by atoms with Crippen LogP contribution in [0.2, 0.25) is 0 Å². The molecule has 3 N–H and O–H groups in total. The van der Waals surface area contributed by atoms with E-state index < -0.39 is 0 Å². The molecule has 2 aromatic rings. The molecule has 0 unspecified atom stereocenters. The number of hydrogen-bond donors (Lipinski definition) is 2. The molecule has 0 heterocycles. The predicted molar refractivity (Wildman–Crippen MR) is 97.6 cm³/mol. The fourth-order valence-corrected chi connectivity index (χ4v) is 3.16. The average Bonchev–Trinajstić information content (AvgIpc) is 2.57. The molecular formula is C19H24N2OS. The molecule has 0 saturated carbocycles. The number of carbonyl (C=O) groups excluding carboxylic acids is 1. The summed E-state index contributed by atoms with van der Waals surface area (Å²) >= 11 is 1.81. The molecule has 0 aliphatic carbocycles. The summed E-state index contributed by atoms with van der Waals surface area (Å²) in [7, 11) is 0. The maximum Gasteiger partial charge on any atom is 0.229 e. The van der Waals surface area contributed by atoms with Crippen molar-refractivity contribution in [3.63, 3.8) is 0 Å². The summed E-state index contributed by atoms with van der Waals surface area (Å²) < 4.78 is 0. The summed E-state index contributed by atoms with van der Waals surface area (Å²) in [5.74, 6) is 0.715.